The molecule has 0 aliphatic carbocycles. The number of furan rings is 1. The number of hydrogen-bond donors (Lipinski definition) is 5. The van der Waals surface area contributed by atoms with Crippen LogP contribution in [0.4, 0.5) is 0 Å². The van der Waals surface area contributed by atoms with Crippen LogP contribution in [0.15, 0.2) is 47.1 Å². The van der Waals surface area contributed by atoms with Crippen LogP contribution in [0.2, 0.25) is 0 Å². The van der Waals surface area contributed by atoms with Crippen molar-refractivity contribution < 1.29 is 44.2 Å². The Labute approximate surface area is 202 Å². The number of carbonyl (C=O) groups excluding carboxylic acids is 1. The number of aromatic hydroxyl groups is 1. The van der Waals surface area contributed by atoms with Gasteiger partial charge >= 0.3 is 0 Å². The molecule has 9 nitrogen and oxygen atoms in total. The zero-order chi connectivity index (χ0) is 25.3. The molecule has 0 saturated carbocycles. The molecular weight excluding hydrogens is 456 g/mol. The summed E-state index contributed by atoms with van der Waals surface area (Å²) >= 11 is 0. The zero-order valence-corrected chi connectivity index (χ0v) is 19.5. The molecule has 1 aliphatic heterocycles. The Kier molecular flexibility index (Phi) is 7.44. The van der Waals surface area contributed by atoms with Gasteiger partial charge in [-0.25, -0.2) is 0 Å². The highest BCUT2D eigenvalue weighted by molar-refractivity contribution is 6.01. The molecule has 1 saturated heterocycles. The number of ether oxygens (including phenoxy) is 2. The number of fused-ring (bicyclic) bond motifs is 1. The van der Waals surface area contributed by atoms with Crippen molar-refractivity contribution in [3.63, 3.8) is 0 Å². The van der Waals surface area contributed by atoms with E-state index < -0.39 is 37.3 Å². The monoisotopic (exact) mass is 486 g/mol. The Morgan fingerprint density at radius 3 is 2.54 bits per heavy atom. The highest BCUT2D eigenvalue weighted by Crippen LogP contribution is 2.36. The first-order valence-corrected chi connectivity index (χ1v) is 11.5. The maximum absolute atomic E-state index is 13.2. The van der Waals surface area contributed by atoms with E-state index in [9.17, 15) is 30.3 Å². The van der Waals surface area contributed by atoms with Gasteiger partial charge in [-0.2, -0.15) is 0 Å². The summed E-state index contributed by atoms with van der Waals surface area (Å²) < 4.78 is 16.6. The van der Waals surface area contributed by atoms with Crippen molar-refractivity contribution in [2.45, 2.75) is 63.3 Å². The molecule has 0 amide bonds. The Balaban J connectivity index is 1.60. The van der Waals surface area contributed by atoms with Gasteiger partial charge in [0, 0.05) is 11.8 Å². The van der Waals surface area contributed by atoms with Crippen LogP contribution in [0.3, 0.4) is 0 Å². The molecule has 1 aromatic heterocycles. The topological polar surface area (TPSA) is 150 Å². The molecular formula is C26H30O9. The smallest absolute Gasteiger partial charge is 0.229 e. The van der Waals surface area contributed by atoms with E-state index in [1.54, 1.807) is 12.3 Å². The molecule has 1 aliphatic rings. The van der Waals surface area contributed by atoms with E-state index >= 15 is 0 Å². The van der Waals surface area contributed by atoms with Crippen LogP contribution >= 0.6 is 0 Å². The van der Waals surface area contributed by atoms with Gasteiger partial charge < -0.3 is 39.4 Å². The van der Waals surface area contributed by atoms with Gasteiger partial charge in [-0.05, 0) is 53.8 Å². The van der Waals surface area contributed by atoms with Gasteiger partial charge in [-0.3, -0.25) is 4.79 Å². The zero-order valence-electron chi connectivity index (χ0n) is 19.5. The normalized spacial score (nSPS) is 24.7. The molecule has 9 heteroatoms. The van der Waals surface area contributed by atoms with Gasteiger partial charge in [0.05, 0.1) is 12.9 Å². The first-order chi connectivity index (χ1) is 16.7. The summed E-state index contributed by atoms with van der Waals surface area (Å²) in [5.74, 6) is -0.687. The highest BCUT2D eigenvalue weighted by Gasteiger charge is 2.45. The van der Waals surface area contributed by atoms with Crippen LogP contribution in [0.25, 0.3) is 11.0 Å². The van der Waals surface area contributed by atoms with E-state index in [1.165, 1.54) is 6.07 Å². The number of Topliss-reactive ketones (excluding diaryl/α,β-unsaturated/α-hetero) is 1. The van der Waals surface area contributed by atoms with Crippen molar-refractivity contribution in [1.29, 1.82) is 0 Å². The van der Waals surface area contributed by atoms with E-state index in [1.807, 2.05) is 38.1 Å². The van der Waals surface area contributed by atoms with Crippen molar-refractivity contribution in [2.24, 2.45) is 0 Å². The van der Waals surface area contributed by atoms with E-state index in [-0.39, 0.29) is 35.2 Å². The molecule has 2 aromatic carbocycles. The SMILES string of the molecule is CC(C)c1cc(O)c(C(=O)CCc2ccc3occc3c2)c(O[C@@H]2O[C@H](CO)[C@@H](O)[C@H](O)[C@H]2O)c1. The quantitative estimate of drug-likeness (QED) is 0.302. The fourth-order valence-corrected chi connectivity index (χ4v) is 4.17. The van der Waals surface area contributed by atoms with Gasteiger partial charge in [-0.15, -0.1) is 0 Å². The van der Waals surface area contributed by atoms with Crippen LogP contribution in [0.1, 0.15) is 47.7 Å². The standard InChI is InChI=1S/C26H30O9/c1-13(2)16-10-18(29)22(17(28)5-3-14-4-6-19-15(9-14)7-8-33-19)20(11-16)34-26-25(32)24(31)23(30)21(12-27)35-26/h4,6-11,13,21,23-27,29-32H,3,5,12H2,1-2H3/t21-,23-,24+,25-,26-/m1/s1. The lowest BCUT2D eigenvalue weighted by atomic mass is 9.95. The molecule has 0 bridgehead atoms. The fraction of sp³-hybridized carbons (Fsp3) is 0.423. The minimum Gasteiger partial charge on any atom is -0.507 e. The Morgan fingerprint density at radius 2 is 1.83 bits per heavy atom. The largest absolute Gasteiger partial charge is 0.507 e. The second kappa shape index (κ2) is 10.3. The first-order valence-electron chi connectivity index (χ1n) is 11.5. The summed E-state index contributed by atoms with van der Waals surface area (Å²) in [6.07, 6.45) is -5.41. The molecule has 188 valence electrons. The molecule has 0 spiro atoms. The van der Waals surface area contributed by atoms with Crippen LogP contribution in [-0.2, 0) is 11.2 Å². The van der Waals surface area contributed by atoms with Gasteiger partial charge in [0.15, 0.2) is 5.78 Å². The van der Waals surface area contributed by atoms with Crippen LogP contribution in [0, 0.1) is 0 Å². The highest BCUT2D eigenvalue weighted by atomic mass is 16.7. The number of aliphatic hydroxyl groups is 4. The average molecular weight is 487 g/mol. The Morgan fingerprint density at radius 1 is 1.06 bits per heavy atom. The number of aryl methyl sites for hydroxylation is 1. The van der Waals surface area contributed by atoms with Gasteiger partial charge in [0.25, 0.3) is 0 Å². The third kappa shape index (κ3) is 5.19. The van der Waals surface area contributed by atoms with Crippen LogP contribution in [-0.4, -0.2) is 68.6 Å². The number of rotatable bonds is 8. The summed E-state index contributed by atoms with van der Waals surface area (Å²) in [5.41, 5.74) is 2.28. The van der Waals surface area contributed by atoms with Crippen molar-refractivity contribution in [3.05, 3.63) is 59.4 Å². The number of benzene rings is 2. The second-order valence-corrected chi connectivity index (χ2v) is 9.10. The van der Waals surface area contributed by atoms with Gasteiger partial charge in [0.2, 0.25) is 6.29 Å². The summed E-state index contributed by atoms with van der Waals surface area (Å²) in [5, 5.41) is 51.6. The number of phenols is 1. The number of carbonyl (C=O) groups is 1. The molecule has 5 atom stereocenters. The van der Waals surface area contributed by atoms with Crippen LogP contribution in [0.5, 0.6) is 11.5 Å². The Hall–Kier alpha value is -2.95. The average Bonchev–Trinajstić information content (AvgIpc) is 3.30. The van der Waals surface area contributed by atoms with Gasteiger partial charge in [0.1, 0.15) is 47.1 Å². The lowest BCUT2D eigenvalue weighted by molar-refractivity contribution is -0.277. The van der Waals surface area contributed by atoms with Crippen molar-refractivity contribution in [2.75, 3.05) is 6.61 Å². The molecule has 3 aromatic rings. The number of phenolic OH excluding ortho intramolecular Hbond substituents is 1. The molecule has 1 fully saturated rings. The number of aliphatic hydroxyl groups excluding tert-OH is 4. The molecule has 2 heterocycles. The third-order valence-corrected chi connectivity index (χ3v) is 6.30. The number of hydrogen-bond acceptors (Lipinski definition) is 9. The lowest BCUT2D eigenvalue weighted by Crippen LogP contribution is -2.60. The van der Waals surface area contributed by atoms with E-state index in [0.29, 0.717) is 12.0 Å². The Bertz CT molecular complexity index is 1180. The fourth-order valence-electron chi connectivity index (χ4n) is 4.17. The third-order valence-electron chi connectivity index (χ3n) is 6.30. The maximum atomic E-state index is 13.2. The molecule has 0 unspecified atom stereocenters. The summed E-state index contributed by atoms with van der Waals surface area (Å²) in [6, 6.07) is 10.5. The maximum Gasteiger partial charge on any atom is 0.229 e. The summed E-state index contributed by atoms with van der Waals surface area (Å²) in [4.78, 5) is 13.2. The van der Waals surface area contributed by atoms with Crippen molar-refractivity contribution in [3.8, 4) is 11.5 Å². The molecule has 5 N–H and O–H groups in total. The van der Waals surface area contributed by atoms with E-state index in [4.69, 9.17) is 13.9 Å². The molecule has 0 radical (unpaired) electrons. The number of ketones is 1. The van der Waals surface area contributed by atoms with Crippen molar-refractivity contribution >= 4 is 16.8 Å². The first kappa shape index (κ1) is 25.2. The minimum atomic E-state index is -1.65. The minimum absolute atomic E-state index is 0.0103. The van der Waals surface area contributed by atoms with Crippen molar-refractivity contribution in [1.82, 2.24) is 0 Å². The summed E-state index contributed by atoms with van der Waals surface area (Å²) in [6.45, 7) is 3.19. The predicted octanol–water partition coefficient (Wildman–Crippen LogP) is 2.26. The van der Waals surface area contributed by atoms with Gasteiger partial charge in [-0.1, -0.05) is 19.9 Å². The second-order valence-electron chi connectivity index (χ2n) is 9.10. The molecule has 4 rings (SSSR count). The van der Waals surface area contributed by atoms with Crippen LogP contribution < -0.4 is 4.74 Å². The lowest BCUT2D eigenvalue weighted by Gasteiger charge is -2.39. The predicted molar refractivity (Wildman–Crippen MR) is 125 cm³/mol. The van der Waals surface area contributed by atoms with E-state index in [2.05, 4.69) is 0 Å². The summed E-state index contributed by atoms with van der Waals surface area (Å²) in [7, 11) is 0. The van der Waals surface area contributed by atoms with E-state index in [0.717, 1.165) is 16.5 Å². The molecule has 35 heavy (non-hydrogen) atoms.